The third-order valence-electron chi connectivity index (χ3n) is 5.09. The highest BCUT2D eigenvalue weighted by Crippen LogP contribution is 2.33. The maximum atomic E-state index is 12.6. The zero-order valence-electron chi connectivity index (χ0n) is 19.2. The van der Waals surface area contributed by atoms with Gasteiger partial charge in [-0.3, -0.25) is 4.79 Å². The molecule has 0 spiro atoms. The number of methoxy groups -OCH3 is 1. The van der Waals surface area contributed by atoms with Crippen LogP contribution in [0.5, 0.6) is 11.5 Å². The van der Waals surface area contributed by atoms with Gasteiger partial charge in [0.1, 0.15) is 29.7 Å². The van der Waals surface area contributed by atoms with E-state index in [1.165, 1.54) is 0 Å². The van der Waals surface area contributed by atoms with Crippen LogP contribution in [0.4, 0.5) is 0 Å². The fourth-order valence-electron chi connectivity index (χ4n) is 3.30. The molecule has 0 atom stereocenters. The maximum Gasteiger partial charge on any atom is 0.262 e. The fraction of sp³-hybridized carbons (Fsp3) is 0.143. The maximum absolute atomic E-state index is 12.6. The minimum absolute atomic E-state index is 0.00444. The molecule has 0 heterocycles. The van der Waals surface area contributed by atoms with Gasteiger partial charge < -0.3 is 14.8 Å². The molecule has 178 valence electrons. The Morgan fingerprint density at radius 2 is 1.83 bits per heavy atom. The lowest BCUT2D eigenvalue weighted by molar-refractivity contribution is -0.117. The molecule has 1 N–H and O–H groups in total. The molecule has 0 saturated carbocycles. The number of hydrogen-bond donors (Lipinski definition) is 1. The van der Waals surface area contributed by atoms with Crippen molar-refractivity contribution < 1.29 is 14.3 Å². The van der Waals surface area contributed by atoms with Gasteiger partial charge in [-0.1, -0.05) is 41.9 Å². The number of benzene rings is 3. The molecule has 1 amide bonds. The van der Waals surface area contributed by atoms with Gasteiger partial charge in [-0.2, -0.15) is 5.26 Å². The zero-order chi connectivity index (χ0) is 25.2. The lowest BCUT2D eigenvalue weighted by Crippen LogP contribution is -2.23. The first kappa shape index (κ1) is 26.1. The molecule has 3 aromatic carbocycles. The normalized spacial score (nSPS) is 10.9. The predicted octanol–water partition coefficient (Wildman–Crippen LogP) is 6.64. The number of hydrogen-bond acceptors (Lipinski definition) is 4. The summed E-state index contributed by atoms with van der Waals surface area (Å²) in [6, 6.07) is 20.5. The summed E-state index contributed by atoms with van der Waals surface area (Å²) in [7, 11) is 1.60. The van der Waals surface area contributed by atoms with Crippen LogP contribution < -0.4 is 14.8 Å². The molecule has 35 heavy (non-hydrogen) atoms. The predicted molar refractivity (Wildman–Crippen MR) is 142 cm³/mol. The van der Waals surface area contributed by atoms with E-state index in [1.54, 1.807) is 19.3 Å². The molecule has 0 aromatic heterocycles. The van der Waals surface area contributed by atoms with Gasteiger partial charge in [-0.15, -0.1) is 6.58 Å². The van der Waals surface area contributed by atoms with Crippen molar-refractivity contribution in [2.45, 2.75) is 19.6 Å². The molecule has 0 bridgehead atoms. The van der Waals surface area contributed by atoms with Crippen molar-refractivity contribution in [3.05, 3.63) is 111 Å². The molecule has 7 heteroatoms. The number of halogens is 2. The quantitative estimate of drug-likeness (QED) is 0.174. The number of ether oxygens (including phenoxy) is 2. The molecule has 0 aliphatic rings. The summed E-state index contributed by atoms with van der Waals surface area (Å²) >= 11 is 9.53. The lowest BCUT2D eigenvalue weighted by Gasteiger charge is -2.14. The van der Waals surface area contributed by atoms with Gasteiger partial charge in [0, 0.05) is 11.6 Å². The fourth-order valence-corrected chi connectivity index (χ4v) is 4.06. The second kappa shape index (κ2) is 12.8. The summed E-state index contributed by atoms with van der Waals surface area (Å²) in [5.74, 6) is 0.964. The monoisotopic (exact) mass is 550 g/mol. The van der Waals surface area contributed by atoms with E-state index in [0.29, 0.717) is 40.4 Å². The molecule has 3 aromatic rings. The highest BCUT2D eigenvalue weighted by Gasteiger charge is 2.13. The van der Waals surface area contributed by atoms with Crippen molar-refractivity contribution in [3.63, 3.8) is 0 Å². The van der Waals surface area contributed by atoms with Gasteiger partial charge in [0.05, 0.1) is 11.6 Å². The highest BCUT2D eigenvalue weighted by atomic mass is 79.9. The Bertz CT molecular complexity index is 1260. The van der Waals surface area contributed by atoms with Crippen LogP contribution in [0, 0.1) is 11.3 Å². The van der Waals surface area contributed by atoms with Crippen molar-refractivity contribution in [2.24, 2.45) is 0 Å². The number of carbonyl (C=O) groups is 1. The van der Waals surface area contributed by atoms with E-state index >= 15 is 0 Å². The number of carbonyl (C=O) groups excluding carboxylic acids is 1. The van der Waals surface area contributed by atoms with Gasteiger partial charge in [-0.25, -0.2) is 0 Å². The number of nitriles is 1. The molecule has 0 unspecified atom stereocenters. The Morgan fingerprint density at radius 3 is 2.46 bits per heavy atom. The second-order valence-corrected chi connectivity index (χ2v) is 8.89. The number of nitrogens with zero attached hydrogens (tertiary/aromatic N) is 1. The first-order chi connectivity index (χ1) is 16.9. The number of amides is 1. The summed E-state index contributed by atoms with van der Waals surface area (Å²) in [6.07, 6.45) is 3.89. The van der Waals surface area contributed by atoms with Crippen molar-refractivity contribution in [3.8, 4) is 17.6 Å². The van der Waals surface area contributed by atoms with Crippen LogP contribution in [0.15, 0.2) is 83.4 Å². The van der Waals surface area contributed by atoms with Crippen molar-refractivity contribution >= 4 is 39.5 Å². The summed E-state index contributed by atoms with van der Waals surface area (Å²) in [6.45, 7) is 4.49. The van der Waals surface area contributed by atoms with Crippen LogP contribution in [-0.4, -0.2) is 13.0 Å². The standard InChI is InChI=1S/C28H24BrClN2O3/c1-3-4-22-13-21(15-26(29)27(22)35-18-20-5-9-24(30)10-6-20)14-23(16-31)28(33)32-17-19-7-11-25(34-2)12-8-19/h3,5-15H,1,4,17-18H2,2H3,(H,32,33)/b23-14-. The Kier molecular flexibility index (Phi) is 9.54. The topological polar surface area (TPSA) is 71.4 Å². The molecule has 0 aliphatic carbocycles. The van der Waals surface area contributed by atoms with E-state index in [0.717, 1.165) is 22.4 Å². The molecule has 0 radical (unpaired) electrons. The van der Waals surface area contributed by atoms with Gasteiger partial charge in [0.25, 0.3) is 5.91 Å². The Hall–Kier alpha value is -3.53. The first-order valence-electron chi connectivity index (χ1n) is 10.8. The SMILES string of the molecule is C=CCc1cc(/C=C(/C#N)C(=O)NCc2ccc(OC)cc2)cc(Br)c1OCc1ccc(Cl)cc1. The van der Waals surface area contributed by atoms with Crippen LogP contribution >= 0.6 is 27.5 Å². The van der Waals surface area contributed by atoms with Crippen LogP contribution in [0.3, 0.4) is 0 Å². The molecule has 0 saturated heterocycles. The van der Waals surface area contributed by atoms with E-state index in [1.807, 2.05) is 66.7 Å². The van der Waals surface area contributed by atoms with Crippen molar-refractivity contribution in [2.75, 3.05) is 7.11 Å². The summed E-state index contributed by atoms with van der Waals surface area (Å²) in [5, 5.41) is 13.0. The third-order valence-corrected chi connectivity index (χ3v) is 5.93. The molecular formula is C28H24BrClN2O3. The second-order valence-electron chi connectivity index (χ2n) is 7.60. The molecule has 3 rings (SSSR count). The molecular weight excluding hydrogens is 528 g/mol. The minimum atomic E-state index is -0.451. The molecule has 5 nitrogen and oxygen atoms in total. The van der Waals surface area contributed by atoms with Crippen molar-refractivity contribution in [1.29, 1.82) is 5.26 Å². The smallest absolute Gasteiger partial charge is 0.262 e. The van der Waals surface area contributed by atoms with E-state index in [-0.39, 0.29) is 5.57 Å². The molecule has 0 fully saturated rings. The minimum Gasteiger partial charge on any atom is -0.497 e. The first-order valence-corrected chi connectivity index (χ1v) is 11.9. The van der Waals surface area contributed by atoms with Crippen LogP contribution in [0.25, 0.3) is 6.08 Å². The van der Waals surface area contributed by atoms with Crippen molar-refractivity contribution in [1.82, 2.24) is 5.32 Å². The zero-order valence-corrected chi connectivity index (χ0v) is 21.5. The molecule has 0 aliphatic heterocycles. The van der Waals surface area contributed by atoms with Gasteiger partial charge in [-0.05, 0) is 87.1 Å². The Labute approximate surface area is 218 Å². The van der Waals surface area contributed by atoms with Gasteiger partial charge in [0.2, 0.25) is 0 Å². The number of nitrogens with one attached hydrogen (secondary N) is 1. The Balaban J connectivity index is 1.76. The summed E-state index contributed by atoms with van der Waals surface area (Å²) in [5.41, 5.74) is 3.46. The van der Waals surface area contributed by atoms with E-state index < -0.39 is 5.91 Å². The lowest BCUT2D eigenvalue weighted by atomic mass is 10.0. The van der Waals surface area contributed by atoms with Gasteiger partial charge >= 0.3 is 0 Å². The average molecular weight is 552 g/mol. The van der Waals surface area contributed by atoms with Gasteiger partial charge in [0.15, 0.2) is 0 Å². The van der Waals surface area contributed by atoms with E-state index in [4.69, 9.17) is 21.1 Å². The summed E-state index contributed by atoms with van der Waals surface area (Å²) < 4.78 is 11.9. The van der Waals surface area contributed by atoms with Crippen LogP contribution in [-0.2, 0) is 24.4 Å². The number of rotatable bonds is 10. The van der Waals surface area contributed by atoms with Crippen LogP contribution in [0.2, 0.25) is 5.02 Å². The van der Waals surface area contributed by atoms with Crippen LogP contribution in [0.1, 0.15) is 22.3 Å². The highest BCUT2D eigenvalue weighted by molar-refractivity contribution is 9.10. The third kappa shape index (κ3) is 7.48. The van der Waals surface area contributed by atoms with E-state index in [2.05, 4.69) is 27.8 Å². The van der Waals surface area contributed by atoms with E-state index in [9.17, 15) is 10.1 Å². The summed E-state index contributed by atoms with van der Waals surface area (Å²) in [4.78, 5) is 12.6. The largest absolute Gasteiger partial charge is 0.497 e. The Morgan fingerprint density at radius 1 is 1.14 bits per heavy atom. The number of allylic oxidation sites excluding steroid dienone is 1. The average Bonchev–Trinajstić information content (AvgIpc) is 2.87.